The van der Waals surface area contributed by atoms with Gasteiger partial charge in [-0.25, -0.2) is 0 Å². The Kier molecular flexibility index (Phi) is 4.41. The molecular weight excluding hydrogens is 296 g/mol. The van der Waals surface area contributed by atoms with Gasteiger partial charge in [0.2, 0.25) is 11.8 Å². The van der Waals surface area contributed by atoms with Crippen LogP contribution in [0.1, 0.15) is 25.3 Å². The zero-order chi connectivity index (χ0) is 16.4. The van der Waals surface area contributed by atoms with Gasteiger partial charge in [0.1, 0.15) is 13.2 Å². The van der Waals surface area contributed by atoms with Gasteiger partial charge in [0, 0.05) is 12.6 Å². The van der Waals surface area contributed by atoms with Gasteiger partial charge in [0.15, 0.2) is 11.5 Å². The molecule has 0 radical (unpaired) electrons. The van der Waals surface area contributed by atoms with E-state index < -0.39 is 0 Å². The minimum Gasteiger partial charge on any atom is -0.486 e. The van der Waals surface area contributed by atoms with Crippen LogP contribution in [-0.2, 0) is 16.0 Å². The minimum atomic E-state index is -0.325. The van der Waals surface area contributed by atoms with Crippen LogP contribution in [0.5, 0.6) is 11.5 Å². The van der Waals surface area contributed by atoms with E-state index in [1.807, 2.05) is 25.1 Å². The topological polar surface area (TPSA) is 81.9 Å². The highest BCUT2D eigenvalue weighted by Gasteiger charge is 2.31. The molecule has 124 valence electrons. The molecule has 0 saturated carbocycles. The molecule has 3 rings (SSSR count). The summed E-state index contributed by atoms with van der Waals surface area (Å²) in [4.78, 5) is 25.8. The summed E-state index contributed by atoms with van der Waals surface area (Å²) in [5.74, 6) is 0.848. The van der Waals surface area contributed by atoms with E-state index >= 15 is 0 Å². The molecule has 6 heteroatoms. The third-order valence-corrected chi connectivity index (χ3v) is 4.57. The molecule has 2 N–H and O–H groups in total. The number of nitrogens with two attached hydrogens (primary N) is 1. The number of benzene rings is 1. The maximum Gasteiger partial charge on any atom is 0.227 e. The maximum absolute atomic E-state index is 12.6. The fourth-order valence-electron chi connectivity index (χ4n) is 3.16. The maximum atomic E-state index is 12.6. The molecule has 1 saturated heterocycles. The lowest BCUT2D eigenvalue weighted by Crippen LogP contribution is -2.49. The zero-order valence-corrected chi connectivity index (χ0v) is 13.3. The normalized spacial score (nSPS) is 23.4. The van der Waals surface area contributed by atoms with Crippen LogP contribution in [0.3, 0.4) is 0 Å². The fourth-order valence-corrected chi connectivity index (χ4v) is 3.16. The number of hydrogen-bond acceptors (Lipinski definition) is 4. The number of carbonyl (C=O) groups excluding carboxylic acids is 2. The highest BCUT2D eigenvalue weighted by atomic mass is 16.6. The summed E-state index contributed by atoms with van der Waals surface area (Å²) in [7, 11) is 0. The van der Waals surface area contributed by atoms with E-state index in [9.17, 15) is 9.59 Å². The van der Waals surface area contributed by atoms with Crippen molar-refractivity contribution in [3.63, 3.8) is 0 Å². The number of nitrogens with zero attached hydrogens (tertiary/aromatic N) is 1. The van der Waals surface area contributed by atoms with E-state index in [-0.39, 0.29) is 30.2 Å². The Morgan fingerprint density at radius 2 is 1.96 bits per heavy atom. The van der Waals surface area contributed by atoms with Crippen molar-refractivity contribution in [2.45, 2.75) is 32.2 Å². The lowest BCUT2D eigenvalue weighted by atomic mass is 9.92. The third kappa shape index (κ3) is 3.41. The average Bonchev–Trinajstić information content (AvgIpc) is 2.54. The van der Waals surface area contributed by atoms with Gasteiger partial charge >= 0.3 is 0 Å². The molecule has 0 unspecified atom stereocenters. The van der Waals surface area contributed by atoms with Gasteiger partial charge in [0.25, 0.3) is 0 Å². The molecule has 2 aliphatic rings. The highest BCUT2D eigenvalue weighted by Crippen LogP contribution is 2.31. The molecule has 2 amide bonds. The van der Waals surface area contributed by atoms with E-state index in [4.69, 9.17) is 15.2 Å². The van der Waals surface area contributed by atoms with E-state index in [1.165, 1.54) is 0 Å². The van der Waals surface area contributed by atoms with Gasteiger partial charge in [-0.05, 0) is 37.5 Å². The molecule has 1 aromatic rings. The third-order valence-electron chi connectivity index (χ3n) is 4.57. The van der Waals surface area contributed by atoms with E-state index in [1.54, 1.807) is 4.90 Å². The first-order chi connectivity index (χ1) is 11.0. The Morgan fingerprint density at radius 1 is 1.22 bits per heavy atom. The summed E-state index contributed by atoms with van der Waals surface area (Å²) in [6, 6.07) is 5.71. The highest BCUT2D eigenvalue weighted by molar-refractivity contribution is 5.82. The lowest BCUT2D eigenvalue weighted by molar-refractivity contribution is -0.136. The zero-order valence-electron chi connectivity index (χ0n) is 13.3. The molecule has 0 spiro atoms. The Labute approximate surface area is 135 Å². The van der Waals surface area contributed by atoms with Crippen LogP contribution in [0.15, 0.2) is 18.2 Å². The van der Waals surface area contributed by atoms with Gasteiger partial charge in [-0.2, -0.15) is 0 Å². The summed E-state index contributed by atoms with van der Waals surface area (Å²) in [6.45, 7) is 3.50. The van der Waals surface area contributed by atoms with Crippen LogP contribution in [-0.4, -0.2) is 42.5 Å². The first-order valence-electron chi connectivity index (χ1n) is 8.02. The van der Waals surface area contributed by atoms with E-state index in [2.05, 4.69) is 0 Å². The number of likely N-dealkylation sites (tertiary alicyclic amines) is 1. The fraction of sp³-hybridized carbons (Fsp3) is 0.529. The Morgan fingerprint density at radius 3 is 2.70 bits per heavy atom. The molecule has 1 aromatic carbocycles. The molecule has 2 aliphatic heterocycles. The summed E-state index contributed by atoms with van der Waals surface area (Å²) >= 11 is 0. The number of hydrogen-bond donors (Lipinski definition) is 1. The standard InChI is InChI=1S/C17H22N2O4/c1-11-2-4-13(17(18)21)10-19(11)16(20)9-12-3-5-14-15(8-12)23-7-6-22-14/h3,5,8,11,13H,2,4,6-7,9-10H2,1H3,(H2,18,21)/t11-,13+/m0/s1. The molecule has 6 nitrogen and oxygen atoms in total. The summed E-state index contributed by atoms with van der Waals surface area (Å²) in [6.07, 6.45) is 1.84. The van der Waals surface area contributed by atoms with Gasteiger partial charge < -0.3 is 20.1 Å². The van der Waals surface area contributed by atoms with Crippen LogP contribution in [0.25, 0.3) is 0 Å². The predicted molar refractivity (Wildman–Crippen MR) is 84.2 cm³/mol. The summed E-state index contributed by atoms with van der Waals surface area (Å²) < 4.78 is 11.0. The molecule has 2 atom stereocenters. The number of carbonyl (C=O) groups is 2. The van der Waals surface area contributed by atoms with Gasteiger partial charge in [-0.1, -0.05) is 6.07 Å². The Balaban J connectivity index is 1.69. The van der Waals surface area contributed by atoms with Crippen molar-refractivity contribution in [3.05, 3.63) is 23.8 Å². The molecule has 2 heterocycles. The van der Waals surface area contributed by atoms with Crippen LogP contribution in [0.2, 0.25) is 0 Å². The van der Waals surface area contributed by atoms with E-state index in [0.717, 1.165) is 18.4 Å². The summed E-state index contributed by atoms with van der Waals surface area (Å²) in [5, 5.41) is 0. The Hall–Kier alpha value is -2.24. The van der Waals surface area contributed by atoms with Crippen LogP contribution in [0, 0.1) is 5.92 Å². The summed E-state index contributed by atoms with van der Waals surface area (Å²) in [5.41, 5.74) is 6.28. The molecule has 0 bridgehead atoms. The smallest absolute Gasteiger partial charge is 0.227 e. The minimum absolute atomic E-state index is 0.0140. The number of amides is 2. The van der Waals surface area contributed by atoms with E-state index in [0.29, 0.717) is 31.3 Å². The van der Waals surface area contributed by atoms with Crippen molar-refractivity contribution in [3.8, 4) is 11.5 Å². The van der Waals surface area contributed by atoms with Crippen LogP contribution >= 0.6 is 0 Å². The number of ether oxygens (including phenoxy) is 2. The van der Waals surface area contributed by atoms with Crippen LogP contribution in [0.4, 0.5) is 0 Å². The largest absolute Gasteiger partial charge is 0.486 e. The van der Waals surface area contributed by atoms with Gasteiger partial charge in [-0.3, -0.25) is 9.59 Å². The number of fused-ring (bicyclic) bond motifs is 1. The molecular formula is C17H22N2O4. The van der Waals surface area contributed by atoms with Gasteiger partial charge in [-0.15, -0.1) is 0 Å². The van der Waals surface area contributed by atoms with Crippen LogP contribution < -0.4 is 15.2 Å². The number of piperidine rings is 1. The first kappa shape index (κ1) is 15.6. The average molecular weight is 318 g/mol. The van der Waals surface area contributed by atoms with Gasteiger partial charge in [0.05, 0.1) is 12.3 Å². The molecule has 23 heavy (non-hydrogen) atoms. The predicted octanol–water partition coefficient (Wildman–Crippen LogP) is 1.11. The van der Waals surface area contributed by atoms with Crippen molar-refractivity contribution >= 4 is 11.8 Å². The van der Waals surface area contributed by atoms with Crippen molar-refractivity contribution in [2.75, 3.05) is 19.8 Å². The van der Waals surface area contributed by atoms with Crippen molar-refractivity contribution in [1.82, 2.24) is 4.90 Å². The molecule has 0 aromatic heterocycles. The number of primary amides is 1. The lowest BCUT2D eigenvalue weighted by Gasteiger charge is -2.37. The first-order valence-corrected chi connectivity index (χ1v) is 8.02. The van der Waals surface area contributed by atoms with Crippen molar-refractivity contribution in [2.24, 2.45) is 11.7 Å². The second-order valence-electron chi connectivity index (χ2n) is 6.23. The second kappa shape index (κ2) is 6.48. The molecule has 0 aliphatic carbocycles. The quantitative estimate of drug-likeness (QED) is 0.905. The van der Waals surface area contributed by atoms with Crippen molar-refractivity contribution < 1.29 is 19.1 Å². The SMILES string of the molecule is C[C@H]1CC[C@@H](C(N)=O)CN1C(=O)Cc1ccc2c(c1)OCCO2. The monoisotopic (exact) mass is 318 g/mol. The Bertz CT molecular complexity index is 617. The number of rotatable bonds is 3. The molecule has 1 fully saturated rings. The van der Waals surface area contributed by atoms with Crippen molar-refractivity contribution in [1.29, 1.82) is 0 Å². The second-order valence-corrected chi connectivity index (χ2v) is 6.23.